The van der Waals surface area contributed by atoms with E-state index in [1.165, 1.54) is 6.26 Å². The number of nitrogens with zero attached hydrogens (tertiary/aromatic N) is 1. The molecular weight excluding hydrogens is 318 g/mol. The van der Waals surface area contributed by atoms with E-state index in [9.17, 15) is 8.42 Å². The molecule has 0 atom stereocenters. The molecule has 0 aliphatic heterocycles. The lowest BCUT2D eigenvalue weighted by atomic mass is 10.2. The molecule has 0 heterocycles. The monoisotopic (exact) mass is 343 g/mol. The Bertz CT molecular complexity index is 630. The quantitative estimate of drug-likeness (QED) is 0.412. The molecule has 1 aromatic carbocycles. The normalized spacial score (nSPS) is 11.9. The number of ether oxygens (including phenoxy) is 2. The van der Waals surface area contributed by atoms with E-state index in [0.29, 0.717) is 37.0 Å². The molecule has 0 fully saturated rings. The molecule has 0 amide bonds. The van der Waals surface area contributed by atoms with Crippen LogP contribution in [0.1, 0.15) is 12.0 Å². The van der Waals surface area contributed by atoms with Crippen LogP contribution in [0.25, 0.3) is 0 Å². The van der Waals surface area contributed by atoms with Crippen molar-refractivity contribution < 1.29 is 17.9 Å². The number of hydrogen-bond acceptors (Lipinski definition) is 5. The largest absolute Gasteiger partial charge is 0.493 e. The summed E-state index contributed by atoms with van der Waals surface area (Å²) in [6, 6.07) is 5.67. The van der Waals surface area contributed by atoms with E-state index in [4.69, 9.17) is 9.47 Å². The fourth-order valence-electron chi connectivity index (χ4n) is 1.94. The number of aliphatic imine (C=N–C) groups is 1. The molecule has 0 spiro atoms. The second-order valence-electron chi connectivity index (χ2n) is 5.03. The highest BCUT2D eigenvalue weighted by molar-refractivity contribution is 7.90. The molecule has 130 valence electrons. The molecule has 1 aromatic rings. The summed E-state index contributed by atoms with van der Waals surface area (Å²) in [5.74, 6) is 2.13. The first-order chi connectivity index (χ1) is 10.9. The molecule has 0 aliphatic rings. The van der Waals surface area contributed by atoms with Gasteiger partial charge in [-0.25, -0.2) is 8.42 Å². The van der Waals surface area contributed by atoms with Crippen LogP contribution in [0.3, 0.4) is 0 Å². The van der Waals surface area contributed by atoms with Crippen molar-refractivity contribution >= 4 is 15.8 Å². The van der Waals surface area contributed by atoms with E-state index in [-0.39, 0.29) is 5.75 Å². The predicted octanol–water partition coefficient (Wildman–Crippen LogP) is 0.804. The Labute approximate surface area is 138 Å². The van der Waals surface area contributed by atoms with Crippen molar-refractivity contribution in [1.82, 2.24) is 10.6 Å². The zero-order valence-corrected chi connectivity index (χ0v) is 14.9. The maximum atomic E-state index is 11.1. The van der Waals surface area contributed by atoms with Gasteiger partial charge in [-0.15, -0.1) is 0 Å². The van der Waals surface area contributed by atoms with Crippen molar-refractivity contribution in [1.29, 1.82) is 0 Å². The summed E-state index contributed by atoms with van der Waals surface area (Å²) in [5.41, 5.74) is 1.02. The minimum Gasteiger partial charge on any atom is -0.493 e. The lowest BCUT2D eigenvalue weighted by Gasteiger charge is -2.13. The molecule has 0 radical (unpaired) electrons. The van der Waals surface area contributed by atoms with Gasteiger partial charge < -0.3 is 20.1 Å². The fraction of sp³-hybridized carbons (Fsp3) is 0.533. The molecule has 7 nitrogen and oxygen atoms in total. The van der Waals surface area contributed by atoms with Crippen LogP contribution < -0.4 is 20.1 Å². The summed E-state index contributed by atoms with van der Waals surface area (Å²) < 4.78 is 32.6. The number of benzene rings is 1. The van der Waals surface area contributed by atoms with Crippen LogP contribution in [0.5, 0.6) is 11.5 Å². The minimum atomic E-state index is -2.92. The van der Waals surface area contributed by atoms with Crippen LogP contribution in [-0.2, 0) is 16.4 Å². The second-order valence-corrected chi connectivity index (χ2v) is 7.29. The van der Waals surface area contributed by atoms with Gasteiger partial charge in [0.2, 0.25) is 0 Å². The number of rotatable bonds is 8. The summed E-state index contributed by atoms with van der Waals surface area (Å²) in [6.07, 6.45) is 1.77. The Morgan fingerprint density at radius 3 is 2.43 bits per heavy atom. The minimum absolute atomic E-state index is 0.159. The number of guanidine groups is 1. The Morgan fingerprint density at radius 2 is 1.87 bits per heavy atom. The molecule has 8 heteroatoms. The van der Waals surface area contributed by atoms with Gasteiger partial charge in [0.15, 0.2) is 17.5 Å². The summed E-state index contributed by atoms with van der Waals surface area (Å²) in [7, 11) is 1.93. The van der Waals surface area contributed by atoms with Crippen LogP contribution in [0.15, 0.2) is 23.2 Å². The third-order valence-corrected chi connectivity index (χ3v) is 4.15. The van der Waals surface area contributed by atoms with E-state index in [0.717, 1.165) is 5.56 Å². The lowest BCUT2D eigenvalue weighted by molar-refractivity contribution is 0.354. The Morgan fingerprint density at radius 1 is 1.17 bits per heavy atom. The maximum absolute atomic E-state index is 11.1. The van der Waals surface area contributed by atoms with E-state index in [2.05, 4.69) is 15.6 Å². The summed E-state index contributed by atoms with van der Waals surface area (Å²) >= 11 is 0. The third kappa shape index (κ3) is 7.23. The molecule has 0 aromatic heterocycles. The number of hydrogen-bond donors (Lipinski definition) is 2. The average Bonchev–Trinajstić information content (AvgIpc) is 2.52. The van der Waals surface area contributed by atoms with Crippen molar-refractivity contribution in [2.24, 2.45) is 4.99 Å². The van der Waals surface area contributed by atoms with E-state index in [1.807, 2.05) is 18.2 Å². The highest BCUT2D eigenvalue weighted by atomic mass is 32.2. The van der Waals surface area contributed by atoms with Crippen molar-refractivity contribution in [3.63, 3.8) is 0 Å². The number of nitrogens with one attached hydrogen (secondary N) is 2. The molecule has 0 unspecified atom stereocenters. The van der Waals surface area contributed by atoms with E-state index in [1.54, 1.807) is 21.3 Å². The molecule has 0 saturated heterocycles. The fourth-order valence-corrected chi connectivity index (χ4v) is 2.61. The van der Waals surface area contributed by atoms with E-state index >= 15 is 0 Å². The first-order valence-corrected chi connectivity index (χ1v) is 9.29. The van der Waals surface area contributed by atoms with Gasteiger partial charge in [0.25, 0.3) is 0 Å². The molecule has 0 bridgehead atoms. The molecule has 2 N–H and O–H groups in total. The van der Waals surface area contributed by atoms with Gasteiger partial charge in [-0.2, -0.15) is 0 Å². The number of sulfone groups is 1. The first-order valence-electron chi connectivity index (χ1n) is 7.22. The Hall–Kier alpha value is -1.96. The van der Waals surface area contributed by atoms with Crippen molar-refractivity contribution in [2.75, 3.05) is 39.8 Å². The lowest BCUT2D eigenvalue weighted by Crippen LogP contribution is -2.37. The summed E-state index contributed by atoms with van der Waals surface area (Å²) in [5, 5.41) is 6.25. The van der Waals surface area contributed by atoms with Gasteiger partial charge in [-0.3, -0.25) is 4.99 Å². The predicted molar refractivity (Wildman–Crippen MR) is 92.1 cm³/mol. The van der Waals surface area contributed by atoms with Gasteiger partial charge in [0, 0.05) is 26.4 Å². The van der Waals surface area contributed by atoms with Gasteiger partial charge >= 0.3 is 0 Å². The Balaban J connectivity index is 2.48. The standard InChI is InChI=1S/C15H25N3O4S/c1-16-15(17-8-5-9-23(4,19)20)18-11-12-6-7-13(21-2)14(10-12)22-3/h6-7,10H,5,8-9,11H2,1-4H3,(H2,16,17,18). The third-order valence-electron chi connectivity index (χ3n) is 3.12. The van der Waals surface area contributed by atoms with Crippen LogP contribution >= 0.6 is 0 Å². The average molecular weight is 343 g/mol. The van der Waals surface area contributed by atoms with Gasteiger partial charge in [0.05, 0.1) is 20.0 Å². The molecule has 0 saturated carbocycles. The highest BCUT2D eigenvalue weighted by Gasteiger charge is 2.06. The molecule has 23 heavy (non-hydrogen) atoms. The van der Waals surface area contributed by atoms with Crippen LogP contribution in [0.4, 0.5) is 0 Å². The zero-order valence-electron chi connectivity index (χ0n) is 14.0. The smallest absolute Gasteiger partial charge is 0.191 e. The number of methoxy groups -OCH3 is 2. The topological polar surface area (TPSA) is 89.0 Å². The van der Waals surface area contributed by atoms with Gasteiger partial charge in [0.1, 0.15) is 9.84 Å². The molecule has 0 aliphatic carbocycles. The van der Waals surface area contributed by atoms with Gasteiger partial charge in [-0.05, 0) is 24.1 Å². The highest BCUT2D eigenvalue weighted by Crippen LogP contribution is 2.27. The molecule has 1 rings (SSSR count). The van der Waals surface area contributed by atoms with Gasteiger partial charge in [-0.1, -0.05) is 6.07 Å². The van der Waals surface area contributed by atoms with Crippen LogP contribution in [0, 0.1) is 0 Å². The van der Waals surface area contributed by atoms with Crippen molar-refractivity contribution in [2.45, 2.75) is 13.0 Å². The van der Waals surface area contributed by atoms with Crippen LogP contribution in [0.2, 0.25) is 0 Å². The first kappa shape index (κ1) is 19.1. The Kier molecular flexibility index (Phi) is 7.67. The summed E-state index contributed by atoms with van der Waals surface area (Å²) in [4.78, 5) is 4.10. The van der Waals surface area contributed by atoms with Crippen molar-refractivity contribution in [3.8, 4) is 11.5 Å². The summed E-state index contributed by atoms with van der Waals surface area (Å²) in [6.45, 7) is 1.10. The second kappa shape index (κ2) is 9.24. The maximum Gasteiger partial charge on any atom is 0.191 e. The SMILES string of the molecule is CN=C(NCCCS(C)(=O)=O)NCc1ccc(OC)c(OC)c1. The van der Waals surface area contributed by atoms with E-state index < -0.39 is 9.84 Å². The zero-order chi connectivity index (χ0) is 17.3. The van der Waals surface area contributed by atoms with Crippen LogP contribution in [-0.4, -0.2) is 54.2 Å². The van der Waals surface area contributed by atoms with Crippen molar-refractivity contribution in [3.05, 3.63) is 23.8 Å². The molecular formula is C15H25N3O4S.